The standard InChI is InChI=1S/C61H108O6/c1-4-7-10-13-16-19-22-25-28-30-32-33-36-39-42-45-48-51-54-60(63)66-57-58(56-65-59(62)53-50-47-44-41-38-35-27-24-21-18-15-12-9-6-3)67-61(64)55-52-49-46-43-40-37-34-31-29-26-23-20-17-14-11-8-5-2/h8,11,17,20,26,28-30,34,37,58H,4-7,9-10,12-16,18-19,21-25,27,31-33,35-36,38-57H2,1-3H3/b11-8-,20-17-,29-26-,30-28-,37-34-. The quantitative estimate of drug-likeness (QED) is 0.0262. The highest BCUT2D eigenvalue weighted by Gasteiger charge is 2.19. The van der Waals surface area contributed by atoms with Crippen LogP contribution in [-0.4, -0.2) is 37.2 Å². The first kappa shape index (κ1) is 64.1. The van der Waals surface area contributed by atoms with E-state index in [4.69, 9.17) is 14.2 Å². The molecule has 0 heterocycles. The van der Waals surface area contributed by atoms with Crippen LogP contribution in [-0.2, 0) is 28.6 Å². The lowest BCUT2D eigenvalue weighted by atomic mass is 10.0. The number of esters is 3. The number of carbonyl (C=O) groups is 3. The second-order valence-corrected chi connectivity index (χ2v) is 19.2. The predicted octanol–water partition coefficient (Wildman–Crippen LogP) is 19.2. The molecule has 0 aliphatic heterocycles. The highest BCUT2D eigenvalue weighted by Crippen LogP contribution is 2.16. The van der Waals surface area contributed by atoms with Crippen molar-refractivity contribution in [3.63, 3.8) is 0 Å². The molecule has 0 bridgehead atoms. The van der Waals surface area contributed by atoms with Gasteiger partial charge < -0.3 is 14.2 Å². The van der Waals surface area contributed by atoms with Crippen LogP contribution in [0.2, 0.25) is 0 Å². The van der Waals surface area contributed by atoms with Crippen LogP contribution < -0.4 is 0 Å². The van der Waals surface area contributed by atoms with Crippen molar-refractivity contribution in [2.75, 3.05) is 13.2 Å². The van der Waals surface area contributed by atoms with Crippen molar-refractivity contribution in [1.29, 1.82) is 0 Å². The summed E-state index contributed by atoms with van der Waals surface area (Å²) < 4.78 is 16.9. The van der Waals surface area contributed by atoms with Crippen molar-refractivity contribution in [3.8, 4) is 0 Å². The molecule has 6 heteroatoms. The fourth-order valence-corrected chi connectivity index (χ4v) is 8.19. The Balaban J connectivity index is 4.40. The number of hydrogen-bond donors (Lipinski definition) is 0. The molecule has 0 aliphatic rings. The minimum Gasteiger partial charge on any atom is -0.462 e. The molecule has 0 rings (SSSR count). The smallest absolute Gasteiger partial charge is 0.306 e. The molecule has 0 radical (unpaired) electrons. The van der Waals surface area contributed by atoms with Crippen LogP contribution in [0.3, 0.4) is 0 Å². The Kier molecular flexibility index (Phi) is 53.3. The number of allylic oxidation sites excluding steroid dienone is 10. The number of rotatable bonds is 52. The van der Waals surface area contributed by atoms with Gasteiger partial charge in [-0.05, 0) is 83.5 Å². The van der Waals surface area contributed by atoms with Gasteiger partial charge in [0.2, 0.25) is 0 Å². The summed E-state index contributed by atoms with van der Waals surface area (Å²) in [4.78, 5) is 38.1. The van der Waals surface area contributed by atoms with Crippen molar-refractivity contribution in [2.45, 2.75) is 297 Å². The summed E-state index contributed by atoms with van der Waals surface area (Å²) in [6.45, 7) is 6.53. The largest absolute Gasteiger partial charge is 0.462 e. The second-order valence-electron chi connectivity index (χ2n) is 19.2. The molecule has 0 aliphatic carbocycles. The Morgan fingerprint density at radius 2 is 0.582 bits per heavy atom. The maximum absolute atomic E-state index is 12.8. The lowest BCUT2D eigenvalue weighted by Crippen LogP contribution is -2.30. The maximum atomic E-state index is 12.8. The van der Waals surface area contributed by atoms with Gasteiger partial charge in [0.15, 0.2) is 6.10 Å². The van der Waals surface area contributed by atoms with Gasteiger partial charge in [0.05, 0.1) is 0 Å². The zero-order valence-electron chi connectivity index (χ0n) is 44.4. The minimum atomic E-state index is -0.787. The van der Waals surface area contributed by atoms with Crippen LogP contribution in [0.25, 0.3) is 0 Å². The van der Waals surface area contributed by atoms with Gasteiger partial charge in [-0.2, -0.15) is 0 Å². The lowest BCUT2D eigenvalue weighted by molar-refractivity contribution is -0.167. The van der Waals surface area contributed by atoms with Crippen LogP contribution in [0.5, 0.6) is 0 Å². The fourth-order valence-electron chi connectivity index (χ4n) is 8.19. The molecule has 1 atom stereocenters. The van der Waals surface area contributed by atoms with Gasteiger partial charge in [0.25, 0.3) is 0 Å². The van der Waals surface area contributed by atoms with Gasteiger partial charge in [-0.3, -0.25) is 14.4 Å². The van der Waals surface area contributed by atoms with Gasteiger partial charge in [-0.15, -0.1) is 0 Å². The van der Waals surface area contributed by atoms with Crippen LogP contribution >= 0.6 is 0 Å². The molecule has 0 saturated heterocycles. The summed E-state index contributed by atoms with van der Waals surface area (Å²) in [7, 11) is 0. The first-order chi connectivity index (χ1) is 33.0. The summed E-state index contributed by atoms with van der Waals surface area (Å²) in [5.74, 6) is -0.899. The fraction of sp³-hybridized carbons (Fsp3) is 0.787. The average molecular weight is 938 g/mol. The summed E-state index contributed by atoms with van der Waals surface area (Å²) in [6, 6.07) is 0. The molecule has 0 aromatic carbocycles. The highest BCUT2D eigenvalue weighted by atomic mass is 16.6. The number of carbonyl (C=O) groups excluding carboxylic acids is 3. The lowest BCUT2D eigenvalue weighted by Gasteiger charge is -2.18. The summed E-state index contributed by atoms with van der Waals surface area (Å²) in [6.07, 6.45) is 69.2. The first-order valence-corrected chi connectivity index (χ1v) is 28.8. The Bertz CT molecular complexity index is 1210. The number of hydrogen-bond acceptors (Lipinski definition) is 6. The van der Waals surface area contributed by atoms with Gasteiger partial charge in [-0.25, -0.2) is 0 Å². The van der Waals surface area contributed by atoms with Gasteiger partial charge in [-0.1, -0.05) is 248 Å². The normalized spacial score (nSPS) is 12.5. The molecule has 0 saturated carbocycles. The van der Waals surface area contributed by atoms with Gasteiger partial charge in [0.1, 0.15) is 13.2 Å². The van der Waals surface area contributed by atoms with Crippen LogP contribution in [0.15, 0.2) is 60.8 Å². The topological polar surface area (TPSA) is 78.9 Å². The average Bonchev–Trinajstić information content (AvgIpc) is 3.33. The Morgan fingerprint density at radius 1 is 0.313 bits per heavy atom. The zero-order valence-corrected chi connectivity index (χ0v) is 44.4. The van der Waals surface area contributed by atoms with E-state index in [1.165, 1.54) is 154 Å². The van der Waals surface area contributed by atoms with E-state index in [0.717, 1.165) is 96.3 Å². The van der Waals surface area contributed by atoms with E-state index in [-0.39, 0.29) is 31.1 Å². The van der Waals surface area contributed by atoms with E-state index in [0.29, 0.717) is 19.3 Å². The van der Waals surface area contributed by atoms with Gasteiger partial charge >= 0.3 is 17.9 Å². The van der Waals surface area contributed by atoms with Gasteiger partial charge in [0, 0.05) is 19.3 Å². The molecule has 0 aromatic heterocycles. The van der Waals surface area contributed by atoms with E-state index in [1.807, 2.05) is 0 Å². The first-order valence-electron chi connectivity index (χ1n) is 28.8. The van der Waals surface area contributed by atoms with E-state index in [9.17, 15) is 14.4 Å². The molecular weight excluding hydrogens is 829 g/mol. The summed E-state index contributed by atoms with van der Waals surface area (Å²) in [5.41, 5.74) is 0. The van der Waals surface area contributed by atoms with E-state index >= 15 is 0 Å². The molecule has 0 fully saturated rings. The predicted molar refractivity (Wildman–Crippen MR) is 288 cm³/mol. The van der Waals surface area contributed by atoms with Crippen LogP contribution in [0, 0.1) is 0 Å². The number of ether oxygens (including phenoxy) is 3. The third-order valence-corrected chi connectivity index (χ3v) is 12.5. The summed E-state index contributed by atoms with van der Waals surface area (Å²) in [5, 5.41) is 0. The molecule has 6 nitrogen and oxygen atoms in total. The zero-order chi connectivity index (χ0) is 48.6. The molecular formula is C61H108O6. The number of unbranched alkanes of at least 4 members (excludes halogenated alkanes) is 31. The molecule has 0 amide bonds. The molecule has 0 spiro atoms. The van der Waals surface area contributed by atoms with Crippen molar-refractivity contribution >= 4 is 17.9 Å². The Morgan fingerprint density at radius 3 is 0.925 bits per heavy atom. The third kappa shape index (κ3) is 53.9. The SMILES string of the molecule is CC/C=C\C/C=C\C/C=C\C/C=C\CCCCCCC(=O)OC(COC(=O)CCCCCCCCC/C=C\CCCCCCCCC)COC(=O)CCCCCCCCCCCCCCCC. The third-order valence-electron chi connectivity index (χ3n) is 12.5. The molecule has 1 unspecified atom stereocenters. The molecule has 388 valence electrons. The highest BCUT2D eigenvalue weighted by molar-refractivity contribution is 5.71. The van der Waals surface area contributed by atoms with Crippen molar-refractivity contribution in [2.24, 2.45) is 0 Å². The van der Waals surface area contributed by atoms with Crippen LogP contribution in [0.4, 0.5) is 0 Å². The van der Waals surface area contributed by atoms with E-state index in [2.05, 4.69) is 81.5 Å². The van der Waals surface area contributed by atoms with Crippen molar-refractivity contribution < 1.29 is 28.6 Å². The summed E-state index contributed by atoms with van der Waals surface area (Å²) >= 11 is 0. The van der Waals surface area contributed by atoms with Crippen molar-refractivity contribution in [1.82, 2.24) is 0 Å². The van der Waals surface area contributed by atoms with Crippen LogP contribution in [0.1, 0.15) is 290 Å². The molecule has 67 heavy (non-hydrogen) atoms. The Labute approximate surface area is 415 Å². The monoisotopic (exact) mass is 937 g/mol. The Hall–Kier alpha value is -2.89. The van der Waals surface area contributed by atoms with Crippen molar-refractivity contribution in [3.05, 3.63) is 60.8 Å². The molecule has 0 N–H and O–H groups in total. The van der Waals surface area contributed by atoms with E-state index in [1.54, 1.807) is 0 Å². The minimum absolute atomic E-state index is 0.0830. The second kappa shape index (κ2) is 55.7. The van der Waals surface area contributed by atoms with E-state index < -0.39 is 6.10 Å². The maximum Gasteiger partial charge on any atom is 0.306 e. The molecule has 0 aromatic rings.